The summed E-state index contributed by atoms with van der Waals surface area (Å²) in [6, 6.07) is 0.219. The van der Waals surface area contributed by atoms with Gasteiger partial charge in [0.25, 0.3) is 0 Å². The lowest BCUT2D eigenvalue weighted by Gasteiger charge is -2.31. The van der Waals surface area contributed by atoms with E-state index < -0.39 is 5.60 Å². The topological polar surface area (TPSA) is 59.3 Å². The summed E-state index contributed by atoms with van der Waals surface area (Å²) < 4.78 is 8.25. The highest BCUT2D eigenvalue weighted by Gasteiger charge is 2.29. The molecule has 2 atom stereocenters. The van der Waals surface area contributed by atoms with Crippen LogP contribution in [0.5, 0.6) is 0 Å². The first kappa shape index (κ1) is 15.0. The Kier molecular flexibility index (Phi) is 4.66. The van der Waals surface area contributed by atoms with Crippen molar-refractivity contribution in [3.05, 3.63) is 15.9 Å². The molecule has 1 fully saturated rings. The number of halogens is 1. The van der Waals surface area contributed by atoms with Crippen LogP contribution in [0, 0.1) is 6.92 Å². The van der Waals surface area contributed by atoms with E-state index in [2.05, 4.69) is 26.3 Å². The molecule has 5 nitrogen and oxygen atoms in total. The minimum Gasteiger partial charge on any atom is -0.390 e. The van der Waals surface area contributed by atoms with Crippen molar-refractivity contribution in [1.29, 1.82) is 0 Å². The van der Waals surface area contributed by atoms with Crippen LogP contribution >= 0.6 is 15.9 Å². The Morgan fingerprint density at radius 3 is 2.89 bits per heavy atom. The highest BCUT2D eigenvalue weighted by Crippen LogP contribution is 2.26. The number of rotatable bonds is 4. The van der Waals surface area contributed by atoms with Gasteiger partial charge < -0.3 is 15.2 Å². The zero-order valence-electron chi connectivity index (χ0n) is 11.7. The molecule has 1 aliphatic rings. The Labute approximate surface area is 122 Å². The first-order valence-corrected chi connectivity index (χ1v) is 7.40. The summed E-state index contributed by atoms with van der Waals surface area (Å²) in [4.78, 5) is 0. The maximum Gasteiger partial charge on any atom is 0.0738 e. The van der Waals surface area contributed by atoms with Gasteiger partial charge in [-0.2, -0.15) is 5.10 Å². The molecule has 19 heavy (non-hydrogen) atoms. The number of nitrogens with zero attached hydrogens (tertiary/aromatic N) is 2. The molecule has 1 aliphatic heterocycles. The number of aryl methyl sites for hydroxylation is 2. The van der Waals surface area contributed by atoms with Gasteiger partial charge in [-0.25, -0.2) is 0 Å². The number of aromatic nitrogens is 2. The van der Waals surface area contributed by atoms with Crippen LogP contribution in [0.4, 0.5) is 0 Å². The van der Waals surface area contributed by atoms with E-state index in [-0.39, 0.29) is 6.04 Å². The first-order valence-electron chi connectivity index (χ1n) is 6.60. The van der Waals surface area contributed by atoms with Gasteiger partial charge in [0.15, 0.2) is 0 Å². The maximum atomic E-state index is 10.6. The number of hydrogen-bond donors (Lipinski definition) is 2. The molecule has 0 aliphatic carbocycles. The second-order valence-corrected chi connectivity index (χ2v) is 6.37. The fourth-order valence-electron chi connectivity index (χ4n) is 2.59. The van der Waals surface area contributed by atoms with Crippen LogP contribution in [0.1, 0.15) is 24.7 Å². The second-order valence-electron chi connectivity index (χ2n) is 5.57. The van der Waals surface area contributed by atoms with Crippen molar-refractivity contribution in [3.8, 4) is 0 Å². The third-order valence-electron chi connectivity index (χ3n) is 3.49. The van der Waals surface area contributed by atoms with E-state index in [1.54, 1.807) is 0 Å². The molecule has 1 aromatic heterocycles. The number of hydrogen-bond acceptors (Lipinski definition) is 4. The van der Waals surface area contributed by atoms with Crippen molar-refractivity contribution >= 4 is 15.9 Å². The van der Waals surface area contributed by atoms with Crippen molar-refractivity contribution in [2.45, 2.75) is 38.3 Å². The Hall–Kier alpha value is -0.430. The fourth-order valence-corrected chi connectivity index (χ4v) is 3.06. The van der Waals surface area contributed by atoms with Crippen LogP contribution in [-0.2, 0) is 18.2 Å². The molecule has 2 rings (SSSR count). The summed E-state index contributed by atoms with van der Waals surface area (Å²) in [5.41, 5.74) is 1.20. The van der Waals surface area contributed by atoms with Gasteiger partial charge in [-0.15, -0.1) is 0 Å². The summed E-state index contributed by atoms with van der Waals surface area (Å²) in [7, 11) is 1.91. The summed E-state index contributed by atoms with van der Waals surface area (Å²) in [6.07, 6.45) is 1.24. The third-order valence-corrected chi connectivity index (χ3v) is 4.53. The van der Waals surface area contributed by atoms with Gasteiger partial charge in [0.1, 0.15) is 0 Å². The number of morpholine rings is 1. The smallest absolute Gasteiger partial charge is 0.0738 e. The molecule has 1 aromatic rings. The van der Waals surface area contributed by atoms with E-state index in [0.29, 0.717) is 19.4 Å². The van der Waals surface area contributed by atoms with Gasteiger partial charge in [0.2, 0.25) is 0 Å². The molecule has 2 unspecified atom stereocenters. The second kappa shape index (κ2) is 5.91. The van der Waals surface area contributed by atoms with Gasteiger partial charge >= 0.3 is 0 Å². The quantitative estimate of drug-likeness (QED) is 0.869. The van der Waals surface area contributed by atoms with E-state index in [4.69, 9.17) is 4.74 Å². The van der Waals surface area contributed by atoms with E-state index in [9.17, 15) is 5.11 Å². The summed E-state index contributed by atoms with van der Waals surface area (Å²) >= 11 is 3.54. The van der Waals surface area contributed by atoms with Crippen LogP contribution in [0.3, 0.4) is 0 Å². The number of nitrogens with one attached hydrogen (secondary N) is 1. The molecule has 2 heterocycles. The Bertz CT molecular complexity index is 439. The van der Waals surface area contributed by atoms with Gasteiger partial charge in [0.05, 0.1) is 34.7 Å². The lowest BCUT2D eigenvalue weighted by Crippen LogP contribution is -2.46. The molecule has 108 valence electrons. The molecule has 2 N–H and O–H groups in total. The standard InChI is InChI=1S/C13H22BrN3O2/c1-9-12(14)11(17(3)16-9)7-13(2,18)6-10-8-19-5-4-15-10/h10,15,18H,4-8H2,1-3H3. The largest absolute Gasteiger partial charge is 0.390 e. The van der Waals surface area contributed by atoms with E-state index in [1.807, 2.05) is 25.6 Å². The highest BCUT2D eigenvalue weighted by atomic mass is 79.9. The predicted octanol–water partition coefficient (Wildman–Crippen LogP) is 1.16. The molecular weight excluding hydrogens is 310 g/mol. The van der Waals surface area contributed by atoms with Gasteiger partial charge in [-0.05, 0) is 36.2 Å². The average Bonchev–Trinajstić information content (AvgIpc) is 2.56. The van der Waals surface area contributed by atoms with Crippen LogP contribution in [0.15, 0.2) is 4.47 Å². The summed E-state index contributed by atoms with van der Waals surface area (Å²) in [6.45, 7) is 6.11. The Balaban J connectivity index is 2.03. The van der Waals surface area contributed by atoms with Crippen LogP contribution < -0.4 is 5.32 Å². The van der Waals surface area contributed by atoms with Crippen molar-refractivity contribution in [3.63, 3.8) is 0 Å². The van der Waals surface area contributed by atoms with E-state index in [0.717, 1.165) is 29.0 Å². The van der Waals surface area contributed by atoms with Crippen molar-refractivity contribution < 1.29 is 9.84 Å². The normalized spacial score (nSPS) is 23.3. The molecule has 0 bridgehead atoms. The molecule has 0 spiro atoms. The maximum absolute atomic E-state index is 10.6. The minimum absolute atomic E-state index is 0.219. The summed E-state index contributed by atoms with van der Waals surface area (Å²) in [5, 5.41) is 18.4. The Morgan fingerprint density at radius 2 is 2.37 bits per heavy atom. The van der Waals surface area contributed by atoms with Crippen molar-refractivity contribution in [1.82, 2.24) is 15.1 Å². The summed E-state index contributed by atoms with van der Waals surface area (Å²) in [5.74, 6) is 0. The van der Waals surface area contributed by atoms with Crippen molar-refractivity contribution in [2.24, 2.45) is 7.05 Å². The highest BCUT2D eigenvalue weighted by molar-refractivity contribution is 9.10. The van der Waals surface area contributed by atoms with Crippen LogP contribution in [-0.4, -0.2) is 46.3 Å². The molecule has 0 amide bonds. The van der Waals surface area contributed by atoms with Gasteiger partial charge in [0, 0.05) is 26.1 Å². The SMILES string of the molecule is Cc1nn(C)c(CC(C)(O)CC2COCCN2)c1Br. The average molecular weight is 332 g/mol. The predicted molar refractivity (Wildman–Crippen MR) is 77.2 cm³/mol. The zero-order chi connectivity index (χ0) is 14.0. The Morgan fingerprint density at radius 1 is 1.63 bits per heavy atom. The lowest BCUT2D eigenvalue weighted by molar-refractivity contribution is 0.00539. The third kappa shape index (κ3) is 3.78. The molecule has 0 radical (unpaired) electrons. The van der Waals surface area contributed by atoms with Gasteiger partial charge in [-0.1, -0.05) is 0 Å². The van der Waals surface area contributed by atoms with Gasteiger partial charge in [-0.3, -0.25) is 4.68 Å². The molecule has 0 saturated carbocycles. The first-order chi connectivity index (χ1) is 8.89. The number of ether oxygens (including phenoxy) is 1. The van der Waals surface area contributed by atoms with Crippen LogP contribution in [0.25, 0.3) is 0 Å². The molecule has 6 heteroatoms. The minimum atomic E-state index is -0.777. The molecular formula is C13H22BrN3O2. The van der Waals surface area contributed by atoms with Crippen LogP contribution in [0.2, 0.25) is 0 Å². The fraction of sp³-hybridized carbons (Fsp3) is 0.769. The van der Waals surface area contributed by atoms with E-state index >= 15 is 0 Å². The van der Waals surface area contributed by atoms with Crippen molar-refractivity contribution in [2.75, 3.05) is 19.8 Å². The van der Waals surface area contributed by atoms with E-state index in [1.165, 1.54) is 0 Å². The number of aliphatic hydroxyl groups is 1. The lowest BCUT2D eigenvalue weighted by atomic mass is 9.91. The molecule has 1 saturated heterocycles. The monoisotopic (exact) mass is 331 g/mol. The molecule has 0 aromatic carbocycles. The zero-order valence-corrected chi connectivity index (χ0v) is 13.3.